The van der Waals surface area contributed by atoms with Crippen molar-refractivity contribution in [1.29, 1.82) is 0 Å². The first-order chi connectivity index (χ1) is 12.9. The van der Waals surface area contributed by atoms with E-state index in [1.54, 1.807) is 12.1 Å². The Morgan fingerprint density at radius 1 is 1.22 bits per heavy atom. The highest BCUT2D eigenvalue weighted by Crippen LogP contribution is 2.35. The summed E-state index contributed by atoms with van der Waals surface area (Å²) in [6.45, 7) is 0.515. The molecule has 0 bridgehead atoms. The van der Waals surface area contributed by atoms with Gasteiger partial charge in [0.2, 0.25) is 0 Å². The molecule has 2 aromatic carbocycles. The van der Waals surface area contributed by atoms with Gasteiger partial charge in [-0.15, -0.1) is 0 Å². The molecule has 3 rings (SSSR count). The molecule has 0 fully saturated rings. The number of carboxylic acid groups (broad SMARTS) is 1. The zero-order chi connectivity index (χ0) is 19.6. The number of nitrogens with one attached hydrogen (secondary N) is 1. The van der Waals surface area contributed by atoms with E-state index >= 15 is 0 Å². The summed E-state index contributed by atoms with van der Waals surface area (Å²) < 4.78 is 34.1. The molecule has 0 saturated carbocycles. The van der Waals surface area contributed by atoms with Crippen LogP contribution in [-0.2, 0) is 17.6 Å². The predicted octanol–water partition coefficient (Wildman–Crippen LogP) is 3.48. The van der Waals surface area contributed by atoms with Crippen LogP contribution in [0.15, 0.2) is 34.8 Å². The number of fused-ring (bicyclic) bond motifs is 1. The molecule has 27 heavy (non-hydrogen) atoms. The average Bonchev–Trinajstić information content (AvgIpc) is 2.63. The van der Waals surface area contributed by atoms with Crippen molar-refractivity contribution in [2.45, 2.75) is 25.3 Å². The molecule has 0 aromatic heterocycles. The fourth-order valence-corrected chi connectivity index (χ4v) is 3.52. The fraction of sp³-hybridized carbons (Fsp3) is 0.263. The molecule has 1 amide bonds. The molecule has 142 valence electrons. The third-order valence-corrected chi connectivity index (χ3v) is 5.06. The number of amides is 1. The van der Waals surface area contributed by atoms with E-state index in [4.69, 9.17) is 4.74 Å². The number of carboxylic acids is 1. The Balaban J connectivity index is 1.86. The normalized spacial score (nSPS) is 14.0. The third-order valence-electron chi connectivity index (χ3n) is 4.32. The SMILES string of the molecule is O=C(NC(Cc1ccc(Br)c2c1OCCC2)C(=O)O)c1c(F)cccc1F. The Hall–Kier alpha value is -2.48. The highest BCUT2D eigenvalue weighted by atomic mass is 79.9. The zero-order valence-electron chi connectivity index (χ0n) is 14.1. The molecule has 0 aliphatic carbocycles. The monoisotopic (exact) mass is 439 g/mol. The van der Waals surface area contributed by atoms with Gasteiger partial charge in [0.25, 0.3) is 5.91 Å². The van der Waals surface area contributed by atoms with Crippen molar-refractivity contribution in [3.05, 3.63) is 63.1 Å². The zero-order valence-corrected chi connectivity index (χ0v) is 15.7. The van der Waals surface area contributed by atoms with Gasteiger partial charge in [-0.1, -0.05) is 28.1 Å². The van der Waals surface area contributed by atoms with E-state index in [0.717, 1.165) is 41.1 Å². The summed E-state index contributed by atoms with van der Waals surface area (Å²) in [5, 5.41) is 11.7. The molecule has 1 aliphatic heterocycles. The van der Waals surface area contributed by atoms with E-state index in [2.05, 4.69) is 21.2 Å². The molecule has 1 aliphatic rings. The Morgan fingerprint density at radius 2 is 1.93 bits per heavy atom. The Morgan fingerprint density at radius 3 is 2.59 bits per heavy atom. The number of aliphatic carboxylic acids is 1. The lowest BCUT2D eigenvalue weighted by Gasteiger charge is -2.23. The topological polar surface area (TPSA) is 75.6 Å². The standard InChI is InChI=1S/C19H16BrF2NO4/c20-12-7-6-10(17-11(12)3-2-8-27-17)9-15(19(25)26)23-18(24)16-13(21)4-1-5-14(16)22/h1,4-7,15H,2-3,8-9H2,(H,23,24)(H,25,26). The highest BCUT2D eigenvalue weighted by molar-refractivity contribution is 9.10. The maximum atomic E-state index is 13.8. The van der Waals surface area contributed by atoms with Gasteiger partial charge in [-0.05, 0) is 36.6 Å². The van der Waals surface area contributed by atoms with Crippen LogP contribution in [-0.4, -0.2) is 29.6 Å². The van der Waals surface area contributed by atoms with Crippen LogP contribution >= 0.6 is 15.9 Å². The number of carbonyl (C=O) groups excluding carboxylic acids is 1. The average molecular weight is 440 g/mol. The summed E-state index contributed by atoms with van der Waals surface area (Å²) in [7, 11) is 0. The van der Waals surface area contributed by atoms with Crippen molar-refractivity contribution >= 4 is 27.8 Å². The summed E-state index contributed by atoms with van der Waals surface area (Å²) >= 11 is 3.45. The number of hydrogen-bond donors (Lipinski definition) is 2. The number of halogens is 3. The van der Waals surface area contributed by atoms with Gasteiger partial charge in [-0.25, -0.2) is 13.6 Å². The minimum Gasteiger partial charge on any atom is -0.493 e. The summed E-state index contributed by atoms with van der Waals surface area (Å²) in [6.07, 6.45) is 1.56. The second-order valence-corrected chi connectivity index (χ2v) is 6.99. The largest absolute Gasteiger partial charge is 0.493 e. The number of ether oxygens (including phenoxy) is 1. The molecular weight excluding hydrogens is 424 g/mol. The first kappa shape index (κ1) is 19.3. The second-order valence-electron chi connectivity index (χ2n) is 6.13. The number of hydrogen-bond acceptors (Lipinski definition) is 3. The van der Waals surface area contributed by atoms with Crippen LogP contribution in [0.1, 0.15) is 27.9 Å². The first-order valence-corrected chi connectivity index (χ1v) is 9.08. The molecule has 2 aromatic rings. The van der Waals surface area contributed by atoms with Crippen LogP contribution in [0.2, 0.25) is 0 Å². The van der Waals surface area contributed by atoms with E-state index in [1.165, 1.54) is 0 Å². The van der Waals surface area contributed by atoms with Crippen molar-refractivity contribution in [1.82, 2.24) is 5.32 Å². The molecule has 1 heterocycles. The number of rotatable bonds is 5. The summed E-state index contributed by atoms with van der Waals surface area (Å²) in [6, 6.07) is 5.13. The van der Waals surface area contributed by atoms with Gasteiger partial charge >= 0.3 is 5.97 Å². The lowest BCUT2D eigenvalue weighted by molar-refractivity contribution is -0.139. The molecule has 8 heteroatoms. The molecule has 0 saturated heterocycles. The summed E-state index contributed by atoms with van der Waals surface area (Å²) in [5.41, 5.74) is 0.738. The van der Waals surface area contributed by atoms with Crippen LogP contribution in [0.5, 0.6) is 5.75 Å². The van der Waals surface area contributed by atoms with Gasteiger partial charge in [-0.2, -0.15) is 0 Å². The Labute approximate surface area is 162 Å². The maximum absolute atomic E-state index is 13.8. The van der Waals surface area contributed by atoms with Crippen molar-refractivity contribution in [3.63, 3.8) is 0 Å². The lowest BCUT2D eigenvalue weighted by Crippen LogP contribution is -2.43. The van der Waals surface area contributed by atoms with Crippen LogP contribution in [0.3, 0.4) is 0 Å². The van der Waals surface area contributed by atoms with Gasteiger partial charge in [0.05, 0.1) is 6.61 Å². The molecule has 2 N–H and O–H groups in total. The van der Waals surface area contributed by atoms with E-state index in [0.29, 0.717) is 17.9 Å². The minimum absolute atomic E-state index is 0.0766. The first-order valence-electron chi connectivity index (χ1n) is 8.29. The molecule has 0 spiro atoms. The van der Waals surface area contributed by atoms with Crippen molar-refractivity contribution < 1.29 is 28.2 Å². The van der Waals surface area contributed by atoms with Crippen LogP contribution in [0.4, 0.5) is 8.78 Å². The van der Waals surface area contributed by atoms with Gasteiger partial charge in [0.1, 0.15) is 29.0 Å². The van der Waals surface area contributed by atoms with Crippen molar-refractivity contribution in [3.8, 4) is 5.75 Å². The minimum atomic E-state index is -1.37. The lowest BCUT2D eigenvalue weighted by atomic mass is 9.97. The summed E-state index contributed by atoms with van der Waals surface area (Å²) in [5.74, 6) is -3.95. The quantitative estimate of drug-likeness (QED) is 0.747. The maximum Gasteiger partial charge on any atom is 0.326 e. The van der Waals surface area contributed by atoms with Gasteiger partial charge in [-0.3, -0.25) is 4.79 Å². The number of benzene rings is 2. The Bertz CT molecular complexity index is 883. The van der Waals surface area contributed by atoms with Gasteiger partial charge in [0, 0.05) is 16.5 Å². The van der Waals surface area contributed by atoms with E-state index in [9.17, 15) is 23.5 Å². The van der Waals surface area contributed by atoms with Crippen molar-refractivity contribution in [2.75, 3.05) is 6.61 Å². The molecule has 5 nitrogen and oxygen atoms in total. The van der Waals surface area contributed by atoms with E-state index < -0.39 is 35.1 Å². The van der Waals surface area contributed by atoms with E-state index in [-0.39, 0.29) is 6.42 Å². The van der Waals surface area contributed by atoms with E-state index in [1.807, 2.05) is 0 Å². The molecule has 0 radical (unpaired) electrons. The molecule has 1 unspecified atom stereocenters. The van der Waals surface area contributed by atoms with Crippen LogP contribution in [0, 0.1) is 11.6 Å². The van der Waals surface area contributed by atoms with Gasteiger partial charge < -0.3 is 15.2 Å². The predicted molar refractivity (Wildman–Crippen MR) is 96.9 cm³/mol. The van der Waals surface area contributed by atoms with Crippen LogP contribution < -0.4 is 10.1 Å². The van der Waals surface area contributed by atoms with Crippen LogP contribution in [0.25, 0.3) is 0 Å². The number of carbonyl (C=O) groups is 2. The highest BCUT2D eigenvalue weighted by Gasteiger charge is 2.27. The Kier molecular flexibility index (Phi) is 5.74. The third kappa shape index (κ3) is 4.10. The fourth-order valence-electron chi connectivity index (χ4n) is 3.01. The second kappa shape index (κ2) is 8.04. The smallest absolute Gasteiger partial charge is 0.326 e. The van der Waals surface area contributed by atoms with Gasteiger partial charge in [0.15, 0.2) is 0 Å². The summed E-state index contributed by atoms with van der Waals surface area (Å²) in [4.78, 5) is 23.9. The molecular formula is C19H16BrF2NO4. The molecule has 1 atom stereocenters. The van der Waals surface area contributed by atoms with Crippen molar-refractivity contribution in [2.24, 2.45) is 0 Å².